The second kappa shape index (κ2) is 7.60. The molecular weight excluding hydrogens is 300 g/mol. The molecule has 0 radical (unpaired) electrons. The predicted octanol–water partition coefficient (Wildman–Crippen LogP) is 2.77. The second-order valence-corrected chi connectivity index (χ2v) is 6.78. The minimum Gasteiger partial charge on any atom is -0.343 e. The number of aryl methyl sites for hydroxylation is 3. The van der Waals surface area contributed by atoms with Gasteiger partial charge in [-0.3, -0.25) is 14.5 Å². The van der Waals surface area contributed by atoms with Crippen molar-refractivity contribution in [2.24, 2.45) is 5.92 Å². The predicted molar refractivity (Wildman–Crippen MR) is 93.6 cm³/mol. The van der Waals surface area contributed by atoms with E-state index in [9.17, 15) is 4.79 Å². The summed E-state index contributed by atoms with van der Waals surface area (Å²) in [4.78, 5) is 18.7. The third-order valence-electron chi connectivity index (χ3n) is 4.92. The van der Waals surface area contributed by atoms with Crippen LogP contribution in [0.15, 0.2) is 30.6 Å². The first-order valence-electron chi connectivity index (χ1n) is 8.79. The van der Waals surface area contributed by atoms with E-state index >= 15 is 0 Å². The lowest BCUT2D eigenvalue weighted by molar-refractivity contribution is -0.132. The van der Waals surface area contributed by atoms with Gasteiger partial charge in [-0.15, -0.1) is 0 Å². The Morgan fingerprint density at radius 1 is 1.21 bits per heavy atom. The van der Waals surface area contributed by atoms with Gasteiger partial charge in [0.1, 0.15) is 0 Å². The Hall–Kier alpha value is -2.17. The molecule has 0 unspecified atom stereocenters. The molecule has 0 saturated carbocycles. The molecule has 1 aliphatic heterocycles. The fourth-order valence-corrected chi connectivity index (χ4v) is 3.44. The first-order valence-corrected chi connectivity index (χ1v) is 8.79. The van der Waals surface area contributed by atoms with E-state index in [-0.39, 0.29) is 5.91 Å². The van der Waals surface area contributed by atoms with Crippen molar-refractivity contribution < 1.29 is 4.79 Å². The van der Waals surface area contributed by atoms with E-state index in [1.807, 2.05) is 35.7 Å². The van der Waals surface area contributed by atoms with Crippen LogP contribution < -0.4 is 0 Å². The largest absolute Gasteiger partial charge is 0.343 e. The lowest BCUT2D eigenvalue weighted by Gasteiger charge is -2.32. The number of hydrogen-bond acceptors (Lipinski definition) is 3. The molecule has 3 rings (SSSR count). The highest BCUT2D eigenvalue weighted by molar-refractivity contribution is 5.76. The van der Waals surface area contributed by atoms with E-state index in [0.29, 0.717) is 18.9 Å². The maximum atomic E-state index is 12.4. The molecule has 0 aromatic carbocycles. The Morgan fingerprint density at radius 2 is 2.00 bits per heavy atom. The fourth-order valence-electron chi connectivity index (χ4n) is 3.44. The number of likely N-dealkylation sites (tertiary alicyclic amines) is 1. The lowest BCUT2D eigenvalue weighted by atomic mass is 9.90. The molecule has 2 aromatic heterocycles. The minimum atomic E-state index is 0.253. The van der Waals surface area contributed by atoms with Crippen LogP contribution in [0.5, 0.6) is 0 Å². The fraction of sp³-hybridized carbons (Fsp3) is 0.526. The second-order valence-electron chi connectivity index (χ2n) is 6.78. The van der Waals surface area contributed by atoms with Crippen molar-refractivity contribution in [2.45, 2.75) is 46.1 Å². The van der Waals surface area contributed by atoms with Crippen LogP contribution in [0.1, 0.15) is 36.2 Å². The van der Waals surface area contributed by atoms with Gasteiger partial charge in [0.05, 0.1) is 0 Å². The number of pyridine rings is 1. The summed E-state index contributed by atoms with van der Waals surface area (Å²) in [5, 5.41) is 4.24. The van der Waals surface area contributed by atoms with Crippen LogP contribution in [-0.2, 0) is 17.8 Å². The van der Waals surface area contributed by atoms with Gasteiger partial charge in [0.2, 0.25) is 5.91 Å². The average Bonchev–Trinajstić information content (AvgIpc) is 2.98. The molecule has 0 atom stereocenters. The van der Waals surface area contributed by atoms with Crippen molar-refractivity contribution in [3.63, 3.8) is 0 Å². The summed E-state index contributed by atoms with van der Waals surface area (Å²) in [6.45, 7) is 6.49. The number of piperidine rings is 1. The number of rotatable bonds is 5. The first kappa shape index (κ1) is 16.7. The Morgan fingerprint density at radius 3 is 2.67 bits per heavy atom. The first-order chi connectivity index (χ1) is 11.6. The maximum Gasteiger partial charge on any atom is 0.224 e. The summed E-state index contributed by atoms with van der Waals surface area (Å²) in [5.41, 5.74) is 3.55. The van der Waals surface area contributed by atoms with Crippen molar-refractivity contribution in [2.75, 3.05) is 13.1 Å². The number of aromatic nitrogens is 3. The van der Waals surface area contributed by atoms with Gasteiger partial charge in [-0.25, -0.2) is 0 Å². The quantitative estimate of drug-likeness (QED) is 0.849. The van der Waals surface area contributed by atoms with Gasteiger partial charge in [-0.1, -0.05) is 0 Å². The van der Waals surface area contributed by atoms with Crippen LogP contribution in [0.4, 0.5) is 0 Å². The smallest absolute Gasteiger partial charge is 0.224 e. The molecule has 0 spiro atoms. The Bertz CT molecular complexity index is 686. The number of amides is 1. The van der Waals surface area contributed by atoms with Gasteiger partial charge < -0.3 is 4.90 Å². The van der Waals surface area contributed by atoms with E-state index in [2.05, 4.69) is 22.2 Å². The molecule has 0 bridgehead atoms. The normalized spacial score (nSPS) is 15.7. The molecule has 3 heterocycles. The van der Waals surface area contributed by atoms with Crippen molar-refractivity contribution in [3.8, 4) is 0 Å². The standard InChI is InChI=1S/C19H26N4O/c1-15-13-18(4-8-20-15)14-17-5-10-22(11-6-17)19(24)7-12-23-16(2)3-9-21-23/h3-4,8-9,13,17H,5-7,10-12,14H2,1-2H3. The molecule has 1 amide bonds. The van der Waals surface area contributed by atoms with Crippen molar-refractivity contribution >= 4 is 5.91 Å². The number of carbonyl (C=O) groups is 1. The number of hydrogen-bond donors (Lipinski definition) is 0. The summed E-state index contributed by atoms with van der Waals surface area (Å²) in [5.74, 6) is 0.923. The molecular formula is C19H26N4O. The van der Waals surface area contributed by atoms with Crippen molar-refractivity contribution in [1.29, 1.82) is 0 Å². The molecule has 2 aromatic rings. The SMILES string of the molecule is Cc1cc(CC2CCN(C(=O)CCn3nccc3C)CC2)ccn1. The number of nitrogens with zero attached hydrogens (tertiary/aromatic N) is 4. The highest BCUT2D eigenvalue weighted by atomic mass is 16.2. The van der Waals surface area contributed by atoms with E-state index < -0.39 is 0 Å². The molecule has 128 valence electrons. The van der Waals surface area contributed by atoms with Gasteiger partial charge in [-0.2, -0.15) is 5.10 Å². The monoisotopic (exact) mass is 326 g/mol. The van der Waals surface area contributed by atoms with Gasteiger partial charge >= 0.3 is 0 Å². The van der Waals surface area contributed by atoms with E-state index in [1.165, 1.54) is 5.56 Å². The molecule has 1 saturated heterocycles. The Balaban J connectivity index is 1.44. The molecule has 5 nitrogen and oxygen atoms in total. The van der Waals surface area contributed by atoms with E-state index in [1.54, 1.807) is 6.20 Å². The zero-order valence-corrected chi connectivity index (χ0v) is 14.6. The summed E-state index contributed by atoms with van der Waals surface area (Å²) >= 11 is 0. The van der Waals surface area contributed by atoms with Gasteiger partial charge in [0.25, 0.3) is 0 Å². The average molecular weight is 326 g/mol. The van der Waals surface area contributed by atoms with Gasteiger partial charge in [-0.05, 0) is 62.8 Å². The third kappa shape index (κ3) is 4.22. The zero-order valence-electron chi connectivity index (χ0n) is 14.6. The lowest BCUT2D eigenvalue weighted by Crippen LogP contribution is -2.39. The molecule has 24 heavy (non-hydrogen) atoms. The van der Waals surface area contributed by atoms with E-state index in [4.69, 9.17) is 0 Å². The zero-order chi connectivity index (χ0) is 16.9. The maximum absolute atomic E-state index is 12.4. The van der Waals surface area contributed by atoms with Crippen LogP contribution in [0.2, 0.25) is 0 Å². The minimum absolute atomic E-state index is 0.253. The highest BCUT2D eigenvalue weighted by Crippen LogP contribution is 2.22. The molecule has 1 aliphatic rings. The Kier molecular flexibility index (Phi) is 5.28. The molecule has 5 heteroatoms. The van der Waals surface area contributed by atoms with E-state index in [0.717, 1.165) is 43.7 Å². The number of carbonyl (C=O) groups excluding carboxylic acids is 1. The molecule has 0 N–H and O–H groups in total. The van der Waals surface area contributed by atoms with Gasteiger partial charge in [0, 0.05) is 49.8 Å². The topological polar surface area (TPSA) is 51.0 Å². The molecule has 1 fully saturated rings. The summed E-state index contributed by atoms with van der Waals surface area (Å²) < 4.78 is 1.90. The molecule has 0 aliphatic carbocycles. The third-order valence-corrected chi connectivity index (χ3v) is 4.92. The van der Waals surface area contributed by atoms with Gasteiger partial charge in [0.15, 0.2) is 0 Å². The van der Waals surface area contributed by atoms with Crippen LogP contribution >= 0.6 is 0 Å². The van der Waals surface area contributed by atoms with Crippen LogP contribution in [-0.4, -0.2) is 38.7 Å². The van der Waals surface area contributed by atoms with Crippen molar-refractivity contribution in [1.82, 2.24) is 19.7 Å². The van der Waals surface area contributed by atoms with Crippen LogP contribution in [0, 0.1) is 19.8 Å². The summed E-state index contributed by atoms with van der Waals surface area (Å²) in [7, 11) is 0. The summed E-state index contributed by atoms with van der Waals surface area (Å²) in [6, 6.07) is 6.25. The highest BCUT2D eigenvalue weighted by Gasteiger charge is 2.22. The van der Waals surface area contributed by atoms with Crippen LogP contribution in [0.3, 0.4) is 0 Å². The summed E-state index contributed by atoms with van der Waals surface area (Å²) in [6.07, 6.45) is 7.49. The Labute approximate surface area is 143 Å². The van der Waals surface area contributed by atoms with Crippen LogP contribution in [0.25, 0.3) is 0 Å². The van der Waals surface area contributed by atoms with Crippen molar-refractivity contribution in [3.05, 3.63) is 47.5 Å².